The summed E-state index contributed by atoms with van der Waals surface area (Å²) in [6, 6.07) is 0.842. The van der Waals surface area contributed by atoms with Crippen LogP contribution in [0.5, 0.6) is 0 Å². The van der Waals surface area contributed by atoms with Gasteiger partial charge in [0.15, 0.2) is 0 Å². The molecule has 0 bridgehead atoms. The van der Waals surface area contributed by atoms with Gasteiger partial charge < -0.3 is 15.5 Å². The second kappa shape index (κ2) is 9.05. The van der Waals surface area contributed by atoms with E-state index in [1.54, 1.807) is 0 Å². The van der Waals surface area contributed by atoms with Crippen molar-refractivity contribution in [2.24, 2.45) is 0 Å². The van der Waals surface area contributed by atoms with Crippen molar-refractivity contribution in [1.29, 1.82) is 0 Å². The number of likely N-dealkylation sites (tertiary alicyclic amines) is 2. The zero-order valence-electron chi connectivity index (χ0n) is 16.6. The lowest BCUT2D eigenvalue weighted by atomic mass is 10.0. The number of likely N-dealkylation sites (N-methyl/N-ethyl adjacent to an activating group) is 1. The van der Waals surface area contributed by atoms with Crippen molar-refractivity contribution in [3.63, 3.8) is 0 Å². The molecular weight excluding hydrogens is 342 g/mol. The number of carbonyl (C=O) groups is 2. The Morgan fingerprint density at radius 2 is 2.00 bits per heavy atom. The molecule has 0 saturated carbocycles. The number of rotatable bonds is 5. The smallest absolute Gasteiger partial charge is 0.239 e. The van der Waals surface area contributed by atoms with E-state index in [9.17, 15) is 9.59 Å². The molecule has 7 nitrogen and oxygen atoms in total. The van der Waals surface area contributed by atoms with Crippen molar-refractivity contribution in [2.45, 2.75) is 56.3 Å². The molecule has 0 aliphatic carbocycles. The molecule has 2 amide bonds. The Morgan fingerprint density at radius 1 is 1.26 bits per heavy atom. The Morgan fingerprint density at radius 3 is 2.70 bits per heavy atom. The van der Waals surface area contributed by atoms with Crippen LogP contribution in [-0.2, 0) is 9.59 Å². The van der Waals surface area contributed by atoms with E-state index in [2.05, 4.69) is 45.3 Å². The van der Waals surface area contributed by atoms with Gasteiger partial charge in [0, 0.05) is 37.6 Å². The van der Waals surface area contributed by atoms with E-state index in [1.807, 2.05) is 0 Å². The van der Waals surface area contributed by atoms with Gasteiger partial charge in [0.05, 0.1) is 6.54 Å². The summed E-state index contributed by atoms with van der Waals surface area (Å²) in [4.78, 5) is 31.9. The van der Waals surface area contributed by atoms with Crippen molar-refractivity contribution in [3.05, 3.63) is 0 Å². The molecule has 3 saturated heterocycles. The van der Waals surface area contributed by atoms with E-state index in [4.69, 9.17) is 6.42 Å². The summed E-state index contributed by atoms with van der Waals surface area (Å²) in [6.07, 6.45) is 9.63. The maximum absolute atomic E-state index is 12.9. The number of nitrogens with one attached hydrogen (secondary N) is 2. The van der Waals surface area contributed by atoms with E-state index >= 15 is 0 Å². The summed E-state index contributed by atoms with van der Waals surface area (Å²) in [5.41, 5.74) is 0. The molecule has 0 unspecified atom stereocenters. The minimum Gasteiger partial charge on any atom is -0.353 e. The third-order valence-electron chi connectivity index (χ3n) is 6.53. The fourth-order valence-electron chi connectivity index (χ4n) is 4.87. The third-order valence-corrected chi connectivity index (χ3v) is 6.53. The molecular formula is C20H33N5O2. The maximum atomic E-state index is 12.9. The molecule has 2 N–H and O–H groups in total. The quantitative estimate of drug-likeness (QED) is 0.633. The van der Waals surface area contributed by atoms with Gasteiger partial charge in [0.25, 0.3) is 0 Å². The zero-order valence-corrected chi connectivity index (χ0v) is 16.6. The number of terminal acetylenes is 1. The van der Waals surface area contributed by atoms with Crippen LogP contribution >= 0.6 is 0 Å². The van der Waals surface area contributed by atoms with Crippen LogP contribution in [0.25, 0.3) is 0 Å². The Bertz CT molecular complexity index is 581. The zero-order chi connectivity index (χ0) is 19.4. The van der Waals surface area contributed by atoms with Crippen LogP contribution in [0.3, 0.4) is 0 Å². The van der Waals surface area contributed by atoms with Gasteiger partial charge in [-0.1, -0.05) is 5.92 Å². The van der Waals surface area contributed by atoms with Gasteiger partial charge in [-0.15, -0.1) is 6.42 Å². The third kappa shape index (κ3) is 4.63. The second-order valence-corrected chi connectivity index (χ2v) is 8.16. The van der Waals surface area contributed by atoms with Gasteiger partial charge in [-0.3, -0.25) is 19.4 Å². The minimum atomic E-state index is -0.0660. The highest BCUT2D eigenvalue weighted by atomic mass is 16.2. The lowest BCUT2D eigenvalue weighted by Crippen LogP contribution is -2.54. The Balaban J connectivity index is 1.61. The predicted octanol–water partition coefficient (Wildman–Crippen LogP) is -0.517. The molecule has 0 aromatic carbocycles. The van der Waals surface area contributed by atoms with Crippen molar-refractivity contribution in [3.8, 4) is 12.3 Å². The predicted molar refractivity (Wildman–Crippen MR) is 105 cm³/mol. The monoisotopic (exact) mass is 375 g/mol. The molecule has 27 heavy (non-hydrogen) atoms. The first-order valence-corrected chi connectivity index (χ1v) is 10.2. The molecule has 0 spiro atoms. The van der Waals surface area contributed by atoms with Gasteiger partial charge in [0.1, 0.15) is 6.04 Å². The average Bonchev–Trinajstić information content (AvgIpc) is 3.06. The molecule has 3 heterocycles. The number of hydrogen-bond acceptors (Lipinski definition) is 5. The van der Waals surface area contributed by atoms with Crippen LogP contribution in [-0.4, -0.2) is 97.5 Å². The fourth-order valence-corrected chi connectivity index (χ4v) is 4.87. The molecule has 3 fully saturated rings. The normalized spacial score (nSPS) is 31.0. The van der Waals surface area contributed by atoms with Crippen LogP contribution in [0.2, 0.25) is 0 Å². The van der Waals surface area contributed by atoms with Gasteiger partial charge >= 0.3 is 0 Å². The van der Waals surface area contributed by atoms with Crippen molar-refractivity contribution >= 4 is 11.8 Å². The molecule has 7 heteroatoms. The summed E-state index contributed by atoms with van der Waals surface area (Å²) in [5.74, 6) is 2.56. The molecule has 3 aliphatic heterocycles. The standard InChI is InChI=1S/C20H33N5O2/c1-4-10-21-18(26)6-5-16-14-22-20(27)19-17(24(16)3)9-13-25(19)15-7-11-23(2)12-8-15/h1,15-17,19H,5-14H2,2-3H3,(H,21,26)(H,22,27)/t16-,17+,19-/m0/s1. The van der Waals surface area contributed by atoms with E-state index in [-0.39, 0.29) is 36.5 Å². The Kier molecular flexibility index (Phi) is 6.74. The number of piperidine rings is 1. The summed E-state index contributed by atoms with van der Waals surface area (Å²) in [5, 5.41) is 5.86. The van der Waals surface area contributed by atoms with Crippen LogP contribution < -0.4 is 10.6 Å². The van der Waals surface area contributed by atoms with E-state index < -0.39 is 0 Å². The van der Waals surface area contributed by atoms with Gasteiger partial charge in [-0.05, 0) is 52.9 Å². The van der Waals surface area contributed by atoms with E-state index in [1.165, 1.54) is 0 Å². The number of fused-ring (bicyclic) bond motifs is 1. The first-order valence-electron chi connectivity index (χ1n) is 10.2. The van der Waals surface area contributed by atoms with Crippen LogP contribution in [0.1, 0.15) is 32.1 Å². The first kappa shape index (κ1) is 20.1. The molecule has 0 radical (unpaired) electrons. The fraction of sp³-hybridized carbons (Fsp3) is 0.800. The number of hydrogen-bond donors (Lipinski definition) is 2. The second-order valence-electron chi connectivity index (χ2n) is 8.16. The number of amides is 2. The lowest BCUT2D eigenvalue weighted by molar-refractivity contribution is -0.127. The van der Waals surface area contributed by atoms with Crippen molar-refractivity contribution in [2.75, 3.05) is 46.8 Å². The molecule has 0 aromatic rings. The molecule has 3 aliphatic rings. The minimum absolute atomic E-state index is 0.0205. The molecule has 3 atom stereocenters. The highest BCUT2D eigenvalue weighted by Gasteiger charge is 2.47. The first-order chi connectivity index (χ1) is 13.0. The Labute approximate surface area is 162 Å². The molecule has 150 valence electrons. The maximum Gasteiger partial charge on any atom is 0.239 e. The average molecular weight is 376 g/mol. The highest BCUT2D eigenvalue weighted by Crippen LogP contribution is 2.31. The van der Waals surface area contributed by atoms with Crippen molar-refractivity contribution in [1.82, 2.24) is 25.3 Å². The van der Waals surface area contributed by atoms with Crippen LogP contribution in [0.15, 0.2) is 0 Å². The van der Waals surface area contributed by atoms with E-state index in [0.29, 0.717) is 19.0 Å². The largest absolute Gasteiger partial charge is 0.353 e. The summed E-state index contributed by atoms with van der Waals surface area (Å²) >= 11 is 0. The van der Waals surface area contributed by atoms with Gasteiger partial charge in [0.2, 0.25) is 11.8 Å². The summed E-state index contributed by atoms with van der Waals surface area (Å²) in [6.45, 7) is 4.06. The topological polar surface area (TPSA) is 67.9 Å². The molecule has 3 rings (SSSR count). The molecule has 0 aromatic heterocycles. The highest BCUT2D eigenvalue weighted by molar-refractivity contribution is 5.83. The summed E-state index contributed by atoms with van der Waals surface area (Å²) < 4.78 is 0. The SMILES string of the molecule is C#CCNC(=O)CC[C@H]1CNC(=O)[C@@H]2[C@@H](CCN2C2CCN(C)CC2)N1C. The number of carbonyl (C=O) groups excluding carboxylic acids is 2. The van der Waals surface area contributed by atoms with Crippen molar-refractivity contribution < 1.29 is 9.59 Å². The van der Waals surface area contributed by atoms with Gasteiger partial charge in [-0.2, -0.15) is 0 Å². The number of nitrogens with zero attached hydrogens (tertiary/aromatic N) is 3. The Hall–Kier alpha value is -1.62. The van der Waals surface area contributed by atoms with Crippen LogP contribution in [0, 0.1) is 12.3 Å². The van der Waals surface area contributed by atoms with E-state index in [0.717, 1.165) is 45.3 Å². The summed E-state index contributed by atoms with van der Waals surface area (Å²) in [7, 11) is 4.28. The van der Waals surface area contributed by atoms with Crippen LogP contribution in [0.4, 0.5) is 0 Å². The van der Waals surface area contributed by atoms with Gasteiger partial charge in [-0.25, -0.2) is 0 Å². The lowest BCUT2D eigenvalue weighted by Gasteiger charge is -2.39.